The van der Waals surface area contributed by atoms with Gasteiger partial charge in [0.2, 0.25) is 5.91 Å². The summed E-state index contributed by atoms with van der Waals surface area (Å²) in [5, 5.41) is 3.41. The van der Waals surface area contributed by atoms with Gasteiger partial charge >= 0.3 is 0 Å². The van der Waals surface area contributed by atoms with Crippen LogP contribution in [0.3, 0.4) is 0 Å². The summed E-state index contributed by atoms with van der Waals surface area (Å²) >= 11 is 0. The van der Waals surface area contributed by atoms with Crippen molar-refractivity contribution in [2.75, 3.05) is 11.6 Å². The van der Waals surface area contributed by atoms with E-state index in [9.17, 15) is 9.70 Å². The number of rotatable bonds is 4. The highest BCUT2D eigenvalue weighted by atomic mass is 16.5. The zero-order valence-corrected chi connectivity index (χ0v) is 8.64. The van der Waals surface area contributed by atoms with Gasteiger partial charge in [0.15, 0.2) is 0 Å². The summed E-state index contributed by atoms with van der Waals surface area (Å²) in [6.07, 6.45) is 0. The number of carbonyl (C=O) groups is 1. The Morgan fingerprint density at radius 2 is 2.00 bits per heavy atom. The average Bonchev–Trinajstić information content (AvgIpc) is 2.21. The molecule has 0 aliphatic carbocycles. The molecule has 0 aliphatic rings. The third-order valence-corrected chi connectivity index (χ3v) is 1.77. The predicted molar refractivity (Wildman–Crippen MR) is 56.6 cm³/mol. The maximum Gasteiger partial charge on any atom is 0.246 e. The normalized spacial score (nSPS) is 9.47. The Morgan fingerprint density at radius 1 is 1.40 bits per heavy atom. The number of carbonyl (C=O) groups excluding carboxylic acids is 1. The quantitative estimate of drug-likeness (QED) is 0.562. The molecular weight excluding hydrogens is 196 g/mol. The van der Waals surface area contributed by atoms with Gasteiger partial charge in [0.05, 0.1) is 17.6 Å². The first-order valence-corrected chi connectivity index (χ1v) is 4.56. The van der Waals surface area contributed by atoms with Crippen LogP contribution < -0.4 is 9.75 Å². The molecule has 0 heterocycles. The minimum absolute atomic E-state index is 0.422. The van der Waals surface area contributed by atoms with Gasteiger partial charge in [0.1, 0.15) is 5.75 Å². The first kappa shape index (κ1) is 11.2. The molecule has 0 bridgehead atoms. The minimum atomic E-state index is -0.422. The van der Waals surface area contributed by atoms with Crippen LogP contribution in [0, 0.1) is 4.91 Å². The highest BCUT2D eigenvalue weighted by Crippen LogP contribution is 2.19. The number of hydrogen-bond acceptors (Lipinski definition) is 4. The van der Waals surface area contributed by atoms with Crippen molar-refractivity contribution in [3.63, 3.8) is 0 Å². The van der Waals surface area contributed by atoms with Crippen molar-refractivity contribution >= 4 is 11.6 Å². The standard InChI is InChI=1S/C10H12N2O3/c1-3-15-10-6-4-9(5-7-10)12(11-14)8(2)13/h4-7H,3H2,1-2H3. The molecule has 0 radical (unpaired) electrons. The number of anilines is 1. The summed E-state index contributed by atoms with van der Waals surface area (Å²) in [4.78, 5) is 21.4. The number of hydrogen-bond donors (Lipinski definition) is 0. The number of nitroso groups, excluding NO2 is 1. The molecule has 0 unspecified atom stereocenters. The van der Waals surface area contributed by atoms with E-state index in [-0.39, 0.29) is 0 Å². The molecular formula is C10H12N2O3. The number of ether oxygens (including phenoxy) is 1. The molecule has 1 rings (SSSR count). The molecule has 1 amide bonds. The molecule has 0 spiro atoms. The summed E-state index contributed by atoms with van der Waals surface area (Å²) < 4.78 is 5.22. The molecule has 0 N–H and O–H groups in total. The van der Waals surface area contributed by atoms with Gasteiger partial charge in [0.25, 0.3) is 0 Å². The second-order valence-corrected chi connectivity index (χ2v) is 2.84. The molecule has 0 saturated heterocycles. The highest BCUT2D eigenvalue weighted by Gasteiger charge is 2.11. The smallest absolute Gasteiger partial charge is 0.246 e. The maximum atomic E-state index is 11.0. The summed E-state index contributed by atoms with van der Waals surface area (Å²) in [6, 6.07) is 6.57. The molecule has 0 atom stereocenters. The lowest BCUT2D eigenvalue weighted by molar-refractivity contribution is -0.116. The molecule has 1 aromatic rings. The second kappa shape index (κ2) is 5.09. The van der Waals surface area contributed by atoms with E-state index in [2.05, 4.69) is 5.29 Å². The summed E-state index contributed by atoms with van der Waals surface area (Å²) in [7, 11) is 0. The Balaban J connectivity index is 2.86. The van der Waals surface area contributed by atoms with Gasteiger partial charge in [-0.1, -0.05) is 0 Å². The van der Waals surface area contributed by atoms with Crippen LogP contribution in [0.1, 0.15) is 13.8 Å². The van der Waals surface area contributed by atoms with E-state index in [4.69, 9.17) is 4.74 Å². The van der Waals surface area contributed by atoms with Crippen molar-refractivity contribution in [2.45, 2.75) is 13.8 Å². The molecule has 1 aromatic carbocycles. The Bertz CT molecular complexity index is 348. The Hall–Kier alpha value is -1.91. The molecule has 0 aliphatic heterocycles. The van der Waals surface area contributed by atoms with E-state index in [0.29, 0.717) is 18.0 Å². The van der Waals surface area contributed by atoms with E-state index >= 15 is 0 Å². The SMILES string of the molecule is CCOc1ccc(N(N=O)C(C)=O)cc1. The fourth-order valence-electron chi connectivity index (χ4n) is 1.14. The molecule has 0 fully saturated rings. The van der Waals surface area contributed by atoms with E-state index in [0.717, 1.165) is 5.01 Å². The molecule has 0 aromatic heterocycles. The summed E-state index contributed by atoms with van der Waals surface area (Å²) in [5.74, 6) is 0.268. The van der Waals surface area contributed by atoms with Gasteiger partial charge in [-0.15, -0.1) is 4.91 Å². The van der Waals surface area contributed by atoms with Gasteiger partial charge < -0.3 is 4.74 Å². The lowest BCUT2D eigenvalue weighted by Crippen LogP contribution is -2.20. The number of amides is 1. The average molecular weight is 208 g/mol. The molecule has 5 heteroatoms. The number of nitrogens with zero attached hydrogens (tertiary/aromatic N) is 2. The van der Waals surface area contributed by atoms with Crippen molar-refractivity contribution in [2.24, 2.45) is 5.29 Å². The van der Waals surface area contributed by atoms with Gasteiger partial charge in [-0.25, -0.2) is 0 Å². The van der Waals surface area contributed by atoms with Crippen molar-refractivity contribution < 1.29 is 9.53 Å². The fraction of sp³-hybridized carbons (Fsp3) is 0.300. The summed E-state index contributed by atoms with van der Waals surface area (Å²) in [5.41, 5.74) is 0.431. The predicted octanol–water partition coefficient (Wildman–Crippen LogP) is 2.12. The highest BCUT2D eigenvalue weighted by molar-refractivity contribution is 5.90. The second-order valence-electron chi connectivity index (χ2n) is 2.84. The van der Waals surface area contributed by atoms with E-state index in [1.54, 1.807) is 24.3 Å². The third-order valence-electron chi connectivity index (χ3n) is 1.77. The molecule has 0 saturated carbocycles. The lowest BCUT2D eigenvalue weighted by atomic mass is 10.3. The Labute approximate surface area is 87.6 Å². The topological polar surface area (TPSA) is 59.0 Å². The molecule has 5 nitrogen and oxygen atoms in total. The number of benzene rings is 1. The monoisotopic (exact) mass is 208 g/mol. The van der Waals surface area contributed by atoms with Crippen LogP contribution in [-0.4, -0.2) is 12.5 Å². The maximum absolute atomic E-state index is 11.0. The Kier molecular flexibility index (Phi) is 3.79. The fourth-order valence-corrected chi connectivity index (χ4v) is 1.14. The Morgan fingerprint density at radius 3 is 2.40 bits per heavy atom. The van der Waals surface area contributed by atoms with E-state index < -0.39 is 5.91 Å². The lowest BCUT2D eigenvalue weighted by Gasteiger charge is -2.11. The molecule has 15 heavy (non-hydrogen) atoms. The molecule has 80 valence electrons. The van der Waals surface area contributed by atoms with Crippen LogP contribution >= 0.6 is 0 Å². The van der Waals surface area contributed by atoms with Gasteiger partial charge in [-0.2, -0.15) is 5.01 Å². The first-order valence-electron chi connectivity index (χ1n) is 4.56. The van der Waals surface area contributed by atoms with Crippen LogP contribution in [0.25, 0.3) is 0 Å². The zero-order chi connectivity index (χ0) is 11.3. The van der Waals surface area contributed by atoms with Crippen molar-refractivity contribution in [1.29, 1.82) is 0 Å². The van der Waals surface area contributed by atoms with Crippen LogP contribution in [0.2, 0.25) is 0 Å². The largest absolute Gasteiger partial charge is 0.494 e. The van der Waals surface area contributed by atoms with Crippen LogP contribution in [0.4, 0.5) is 5.69 Å². The zero-order valence-electron chi connectivity index (χ0n) is 8.64. The van der Waals surface area contributed by atoms with Crippen molar-refractivity contribution in [3.05, 3.63) is 29.2 Å². The van der Waals surface area contributed by atoms with E-state index in [1.165, 1.54) is 6.92 Å². The van der Waals surface area contributed by atoms with E-state index in [1.807, 2.05) is 6.92 Å². The van der Waals surface area contributed by atoms with Crippen LogP contribution in [0.15, 0.2) is 29.6 Å². The van der Waals surface area contributed by atoms with Crippen molar-refractivity contribution in [1.82, 2.24) is 0 Å². The van der Waals surface area contributed by atoms with Crippen LogP contribution in [0.5, 0.6) is 5.75 Å². The van der Waals surface area contributed by atoms with Crippen LogP contribution in [-0.2, 0) is 4.79 Å². The van der Waals surface area contributed by atoms with Gasteiger partial charge in [-0.3, -0.25) is 4.79 Å². The first-order chi connectivity index (χ1) is 7.19. The van der Waals surface area contributed by atoms with Gasteiger partial charge in [-0.05, 0) is 31.2 Å². The minimum Gasteiger partial charge on any atom is -0.494 e. The van der Waals surface area contributed by atoms with Gasteiger partial charge in [0, 0.05) is 6.92 Å². The third kappa shape index (κ3) is 2.77. The summed E-state index contributed by atoms with van der Waals surface area (Å²) in [6.45, 7) is 3.72. The van der Waals surface area contributed by atoms with Crippen molar-refractivity contribution in [3.8, 4) is 5.75 Å².